The van der Waals surface area contributed by atoms with E-state index in [1.807, 2.05) is 0 Å². The van der Waals surface area contributed by atoms with Crippen molar-refractivity contribution in [1.29, 1.82) is 0 Å². The van der Waals surface area contributed by atoms with E-state index in [-0.39, 0.29) is 29.0 Å². The fraction of sp³-hybridized carbons (Fsp3) is 0.250. The zero-order valence-electron chi connectivity index (χ0n) is 14.8. The number of ether oxygens (including phenoxy) is 1. The third-order valence-electron chi connectivity index (χ3n) is 4.28. The van der Waals surface area contributed by atoms with Gasteiger partial charge in [-0.05, 0) is 36.4 Å². The van der Waals surface area contributed by atoms with Crippen LogP contribution in [0.15, 0.2) is 48.5 Å². The molecule has 0 aliphatic carbocycles. The molecule has 6 nitrogen and oxygen atoms in total. The van der Waals surface area contributed by atoms with Crippen LogP contribution in [0.25, 0.3) is 0 Å². The van der Waals surface area contributed by atoms with Crippen LogP contribution in [0.2, 0.25) is 5.02 Å². The zero-order valence-corrected chi connectivity index (χ0v) is 15.5. The van der Waals surface area contributed by atoms with Gasteiger partial charge in [0.05, 0.1) is 5.56 Å². The van der Waals surface area contributed by atoms with Crippen molar-refractivity contribution in [2.75, 3.05) is 18.0 Å². The van der Waals surface area contributed by atoms with Gasteiger partial charge in [-0.15, -0.1) is 0 Å². The first-order valence-electron chi connectivity index (χ1n) is 8.55. The molecule has 1 aliphatic heterocycles. The van der Waals surface area contributed by atoms with Gasteiger partial charge in [0.25, 0.3) is 5.91 Å². The zero-order chi connectivity index (χ0) is 19.4. The van der Waals surface area contributed by atoms with Crippen molar-refractivity contribution in [3.8, 4) is 5.75 Å². The molecule has 3 rings (SSSR count). The topological polar surface area (TPSA) is 75.7 Å². The molecule has 0 bridgehead atoms. The van der Waals surface area contributed by atoms with Crippen molar-refractivity contribution in [3.05, 3.63) is 59.1 Å². The molecule has 1 saturated heterocycles. The first kappa shape index (κ1) is 18.9. The molecule has 1 fully saturated rings. The second-order valence-electron chi connectivity index (χ2n) is 6.35. The van der Waals surface area contributed by atoms with Gasteiger partial charge in [-0.3, -0.25) is 14.4 Å². The van der Waals surface area contributed by atoms with E-state index in [1.165, 1.54) is 6.92 Å². The lowest BCUT2D eigenvalue weighted by Gasteiger charge is -2.17. The van der Waals surface area contributed by atoms with E-state index in [4.69, 9.17) is 16.3 Å². The minimum atomic E-state index is -0.491. The normalized spacial score (nSPS) is 16.3. The summed E-state index contributed by atoms with van der Waals surface area (Å²) in [5.41, 5.74) is 1.07. The number of nitrogens with one attached hydrogen (secondary N) is 1. The Hall–Kier alpha value is -2.86. The fourth-order valence-corrected chi connectivity index (χ4v) is 3.15. The minimum absolute atomic E-state index is 0.00184. The molecule has 0 radical (unpaired) electrons. The van der Waals surface area contributed by atoms with Crippen molar-refractivity contribution >= 4 is 35.1 Å². The average Bonchev–Trinajstić information content (AvgIpc) is 3.01. The van der Waals surface area contributed by atoms with Gasteiger partial charge in [0.15, 0.2) is 0 Å². The number of nitrogens with zero attached hydrogens (tertiary/aromatic N) is 1. The number of carbonyl (C=O) groups excluding carboxylic acids is 3. The van der Waals surface area contributed by atoms with E-state index in [0.29, 0.717) is 24.5 Å². The van der Waals surface area contributed by atoms with E-state index >= 15 is 0 Å². The molecule has 0 spiro atoms. The largest absolute Gasteiger partial charge is 0.426 e. The molecule has 0 aromatic heterocycles. The number of rotatable bonds is 5. The third kappa shape index (κ3) is 4.65. The molecule has 2 aromatic carbocycles. The van der Waals surface area contributed by atoms with E-state index in [1.54, 1.807) is 53.4 Å². The number of hydrogen-bond acceptors (Lipinski definition) is 4. The van der Waals surface area contributed by atoms with Crippen LogP contribution in [0.4, 0.5) is 5.69 Å². The van der Waals surface area contributed by atoms with Gasteiger partial charge in [-0.1, -0.05) is 23.7 Å². The van der Waals surface area contributed by atoms with E-state index in [9.17, 15) is 14.4 Å². The summed E-state index contributed by atoms with van der Waals surface area (Å²) in [4.78, 5) is 37.6. The van der Waals surface area contributed by atoms with Gasteiger partial charge in [0, 0.05) is 43.1 Å². The first-order valence-corrected chi connectivity index (χ1v) is 8.93. The number of para-hydroxylation sites is 1. The molecular weight excluding hydrogens is 368 g/mol. The summed E-state index contributed by atoms with van der Waals surface area (Å²) in [6.07, 6.45) is 0.356. The van der Waals surface area contributed by atoms with Gasteiger partial charge in [0.1, 0.15) is 5.75 Å². The average molecular weight is 387 g/mol. The molecular formula is C20H19ClN2O4. The summed E-state index contributed by atoms with van der Waals surface area (Å²) >= 11 is 5.89. The minimum Gasteiger partial charge on any atom is -0.426 e. The molecule has 1 atom stereocenters. The van der Waals surface area contributed by atoms with Crippen LogP contribution < -0.4 is 15.0 Å². The van der Waals surface area contributed by atoms with Gasteiger partial charge in [-0.25, -0.2) is 0 Å². The number of anilines is 1. The lowest BCUT2D eigenvalue weighted by Crippen LogP contribution is -2.31. The maximum absolute atomic E-state index is 12.5. The number of benzene rings is 2. The number of carbonyl (C=O) groups is 3. The van der Waals surface area contributed by atoms with Crippen LogP contribution in [0.1, 0.15) is 23.7 Å². The molecule has 2 aromatic rings. The van der Waals surface area contributed by atoms with Gasteiger partial charge < -0.3 is 15.0 Å². The predicted octanol–water partition coefficient (Wildman–Crippen LogP) is 3.05. The molecule has 7 heteroatoms. The van der Waals surface area contributed by atoms with Gasteiger partial charge >= 0.3 is 5.97 Å². The van der Waals surface area contributed by atoms with Crippen molar-refractivity contribution in [2.45, 2.75) is 13.3 Å². The van der Waals surface area contributed by atoms with Crippen molar-refractivity contribution < 1.29 is 19.1 Å². The summed E-state index contributed by atoms with van der Waals surface area (Å²) in [5, 5.41) is 3.44. The van der Waals surface area contributed by atoms with Crippen LogP contribution in [0.3, 0.4) is 0 Å². The molecule has 140 valence electrons. The molecule has 27 heavy (non-hydrogen) atoms. The number of halogens is 1. The Morgan fingerprint density at radius 2 is 1.89 bits per heavy atom. The van der Waals surface area contributed by atoms with Gasteiger partial charge in [-0.2, -0.15) is 0 Å². The molecule has 2 amide bonds. The maximum Gasteiger partial charge on any atom is 0.308 e. The molecule has 1 aliphatic rings. The number of amides is 2. The standard InChI is InChI=1S/C20H19ClN2O4/c1-13(24)27-18-5-3-2-4-17(18)20(26)22-11-14-10-19(25)23(12-14)16-8-6-15(21)7-9-16/h2-9,14H,10-12H2,1H3,(H,22,26). The summed E-state index contributed by atoms with van der Waals surface area (Å²) in [7, 11) is 0. The summed E-state index contributed by atoms with van der Waals surface area (Å²) < 4.78 is 5.07. The smallest absolute Gasteiger partial charge is 0.308 e. The highest BCUT2D eigenvalue weighted by Gasteiger charge is 2.31. The fourth-order valence-electron chi connectivity index (χ4n) is 3.02. The molecule has 1 unspecified atom stereocenters. The van der Waals surface area contributed by atoms with Crippen LogP contribution in [-0.4, -0.2) is 30.9 Å². The number of esters is 1. The highest BCUT2D eigenvalue weighted by molar-refractivity contribution is 6.30. The highest BCUT2D eigenvalue weighted by Crippen LogP contribution is 2.26. The number of hydrogen-bond donors (Lipinski definition) is 1. The summed E-state index contributed by atoms with van der Waals surface area (Å²) in [6, 6.07) is 13.6. The van der Waals surface area contributed by atoms with Crippen molar-refractivity contribution in [3.63, 3.8) is 0 Å². The van der Waals surface area contributed by atoms with Crippen LogP contribution >= 0.6 is 11.6 Å². The molecule has 1 N–H and O–H groups in total. The Balaban J connectivity index is 1.61. The van der Waals surface area contributed by atoms with E-state index in [0.717, 1.165) is 5.69 Å². The molecule has 1 heterocycles. The van der Waals surface area contributed by atoms with Crippen LogP contribution in [-0.2, 0) is 9.59 Å². The Morgan fingerprint density at radius 1 is 1.19 bits per heavy atom. The summed E-state index contributed by atoms with van der Waals surface area (Å²) in [6.45, 7) is 2.15. The first-order chi connectivity index (χ1) is 12.9. The third-order valence-corrected chi connectivity index (χ3v) is 4.53. The van der Waals surface area contributed by atoms with Gasteiger partial charge in [0.2, 0.25) is 5.91 Å². The Bertz CT molecular complexity index is 867. The van der Waals surface area contributed by atoms with Crippen molar-refractivity contribution in [1.82, 2.24) is 5.32 Å². The second-order valence-corrected chi connectivity index (χ2v) is 6.79. The Kier molecular flexibility index (Phi) is 5.76. The van der Waals surface area contributed by atoms with Crippen molar-refractivity contribution in [2.24, 2.45) is 5.92 Å². The quantitative estimate of drug-likeness (QED) is 0.633. The highest BCUT2D eigenvalue weighted by atomic mass is 35.5. The second kappa shape index (κ2) is 8.22. The van der Waals surface area contributed by atoms with Crippen LogP contribution in [0, 0.1) is 5.92 Å². The Labute approximate surface area is 162 Å². The maximum atomic E-state index is 12.5. The lowest BCUT2D eigenvalue weighted by molar-refractivity contribution is -0.131. The van der Waals surface area contributed by atoms with Crippen LogP contribution in [0.5, 0.6) is 5.75 Å². The van der Waals surface area contributed by atoms with E-state index in [2.05, 4.69) is 5.32 Å². The summed E-state index contributed by atoms with van der Waals surface area (Å²) in [5.74, 6) is -0.609. The Morgan fingerprint density at radius 3 is 2.59 bits per heavy atom. The predicted molar refractivity (Wildman–Crippen MR) is 102 cm³/mol. The molecule has 0 saturated carbocycles. The van der Waals surface area contributed by atoms with E-state index < -0.39 is 5.97 Å². The monoisotopic (exact) mass is 386 g/mol. The SMILES string of the molecule is CC(=O)Oc1ccccc1C(=O)NCC1CC(=O)N(c2ccc(Cl)cc2)C1. The lowest BCUT2D eigenvalue weighted by atomic mass is 10.1.